The molecule has 0 spiro atoms. The summed E-state index contributed by atoms with van der Waals surface area (Å²) in [5.74, 6) is 2.15. The molecule has 0 amide bonds. The molecular formula is C15H19N3O3. The fourth-order valence-corrected chi connectivity index (χ4v) is 2.36. The molecule has 1 aliphatic rings. The van der Waals surface area contributed by atoms with Gasteiger partial charge in [-0.2, -0.15) is 4.98 Å². The molecule has 1 saturated heterocycles. The van der Waals surface area contributed by atoms with Crippen LogP contribution in [0.5, 0.6) is 5.75 Å². The van der Waals surface area contributed by atoms with Crippen molar-refractivity contribution in [2.75, 3.05) is 20.3 Å². The molecule has 0 radical (unpaired) electrons. The minimum atomic E-state index is 0.0891. The van der Waals surface area contributed by atoms with Crippen LogP contribution >= 0.6 is 0 Å². The third-order valence-corrected chi connectivity index (χ3v) is 3.54. The maximum atomic E-state index is 5.62. The molecule has 2 heterocycles. The quantitative estimate of drug-likeness (QED) is 0.873. The van der Waals surface area contributed by atoms with Crippen LogP contribution < -0.4 is 10.1 Å². The number of nitrogens with one attached hydrogen (secondary N) is 1. The van der Waals surface area contributed by atoms with Gasteiger partial charge in [0.05, 0.1) is 18.8 Å². The minimum Gasteiger partial charge on any atom is -0.493 e. The molecule has 1 fully saturated rings. The predicted molar refractivity (Wildman–Crippen MR) is 76.1 cm³/mol. The second kappa shape index (κ2) is 6.69. The Morgan fingerprint density at radius 2 is 2.19 bits per heavy atom. The van der Waals surface area contributed by atoms with Gasteiger partial charge in [-0.25, -0.2) is 0 Å². The van der Waals surface area contributed by atoms with E-state index in [1.54, 1.807) is 7.11 Å². The van der Waals surface area contributed by atoms with E-state index in [4.69, 9.17) is 14.0 Å². The van der Waals surface area contributed by atoms with Crippen LogP contribution in [0.1, 0.15) is 24.2 Å². The predicted octanol–water partition coefficient (Wildman–Crippen LogP) is 1.74. The highest BCUT2D eigenvalue weighted by Crippen LogP contribution is 2.23. The number of hydrogen-bond acceptors (Lipinski definition) is 6. The summed E-state index contributed by atoms with van der Waals surface area (Å²) in [6.07, 6.45) is 1.70. The van der Waals surface area contributed by atoms with E-state index in [2.05, 4.69) is 15.5 Å². The summed E-state index contributed by atoms with van der Waals surface area (Å²) in [6, 6.07) is 9.79. The molecule has 0 saturated carbocycles. The lowest BCUT2D eigenvalue weighted by atomic mass is 10.2. The van der Waals surface area contributed by atoms with Crippen LogP contribution in [0.3, 0.4) is 0 Å². The molecule has 112 valence electrons. The number of para-hydroxylation sites is 1. The Hall–Kier alpha value is -1.92. The summed E-state index contributed by atoms with van der Waals surface area (Å²) in [6.45, 7) is 1.35. The maximum Gasteiger partial charge on any atom is 0.243 e. The van der Waals surface area contributed by atoms with Crippen molar-refractivity contribution in [3.63, 3.8) is 0 Å². The van der Waals surface area contributed by atoms with E-state index in [0.29, 0.717) is 24.7 Å². The first-order chi connectivity index (χ1) is 10.3. The zero-order valence-electron chi connectivity index (χ0n) is 12.0. The number of nitrogens with zero attached hydrogens (tertiary/aromatic N) is 2. The maximum absolute atomic E-state index is 5.62. The number of benzene rings is 1. The molecule has 1 N–H and O–H groups in total. The molecule has 0 bridgehead atoms. The molecule has 1 aliphatic heterocycles. The van der Waals surface area contributed by atoms with E-state index >= 15 is 0 Å². The van der Waals surface area contributed by atoms with Crippen molar-refractivity contribution in [3.05, 3.63) is 42.0 Å². The third kappa shape index (κ3) is 3.59. The number of rotatable bonds is 6. The van der Waals surface area contributed by atoms with Crippen LogP contribution in [0.25, 0.3) is 0 Å². The van der Waals surface area contributed by atoms with Crippen LogP contribution in [0, 0.1) is 0 Å². The van der Waals surface area contributed by atoms with E-state index in [9.17, 15) is 0 Å². The van der Waals surface area contributed by atoms with Crippen molar-refractivity contribution < 1.29 is 14.0 Å². The van der Waals surface area contributed by atoms with Crippen LogP contribution in [0.4, 0.5) is 0 Å². The van der Waals surface area contributed by atoms with E-state index in [-0.39, 0.29) is 12.1 Å². The molecule has 0 aliphatic carbocycles. The van der Waals surface area contributed by atoms with Gasteiger partial charge in [0.1, 0.15) is 5.75 Å². The third-order valence-electron chi connectivity index (χ3n) is 3.54. The van der Waals surface area contributed by atoms with Crippen LogP contribution in [-0.4, -0.2) is 36.5 Å². The van der Waals surface area contributed by atoms with Gasteiger partial charge in [-0.3, -0.25) is 0 Å². The van der Waals surface area contributed by atoms with Gasteiger partial charge >= 0.3 is 0 Å². The Morgan fingerprint density at radius 1 is 1.33 bits per heavy atom. The number of methoxy groups -OCH3 is 1. The second-order valence-electron chi connectivity index (χ2n) is 5.01. The molecule has 6 nitrogen and oxygen atoms in total. The van der Waals surface area contributed by atoms with Crippen molar-refractivity contribution in [2.24, 2.45) is 0 Å². The van der Waals surface area contributed by atoms with Crippen molar-refractivity contribution in [1.82, 2.24) is 15.5 Å². The van der Waals surface area contributed by atoms with E-state index in [0.717, 1.165) is 18.7 Å². The van der Waals surface area contributed by atoms with Crippen LogP contribution in [-0.2, 0) is 11.2 Å². The van der Waals surface area contributed by atoms with Gasteiger partial charge in [0.15, 0.2) is 5.82 Å². The first-order valence-corrected chi connectivity index (χ1v) is 7.11. The molecule has 2 aromatic rings. The van der Waals surface area contributed by atoms with Gasteiger partial charge < -0.3 is 19.3 Å². The molecule has 1 aromatic heterocycles. The average molecular weight is 289 g/mol. The van der Waals surface area contributed by atoms with Gasteiger partial charge in [0.25, 0.3) is 0 Å². The largest absolute Gasteiger partial charge is 0.493 e. The standard InChI is InChI=1S/C15H19N3O3/c1-19-12-9-13(16-10-12)15-17-14(18-21-15)7-8-20-11-5-3-2-4-6-11/h2-6,12-13,16H,7-10H2,1H3/t12-,13+/m0/s1. The fraction of sp³-hybridized carbons (Fsp3) is 0.467. The van der Waals surface area contributed by atoms with Crippen molar-refractivity contribution in [2.45, 2.75) is 25.0 Å². The summed E-state index contributed by atoms with van der Waals surface area (Å²) in [7, 11) is 1.72. The Morgan fingerprint density at radius 3 is 2.95 bits per heavy atom. The smallest absolute Gasteiger partial charge is 0.243 e. The van der Waals surface area contributed by atoms with Gasteiger partial charge in [0.2, 0.25) is 5.89 Å². The molecule has 0 unspecified atom stereocenters. The van der Waals surface area contributed by atoms with E-state index in [1.165, 1.54) is 0 Å². The molecular weight excluding hydrogens is 270 g/mol. The summed E-state index contributed by atoms with van der Waals surface area (Å²) in [4.78, 5) is 4.42. The SMILES string of the molecule is CO[C@@H]1CN[C@@H](c2nc(CCOc3ccccc3)no2)C1. The molecule has 3 rings (SSSR count). The molecule has 6 heteroatoms. The molecule has 2 atom stereocenters. The number of ether oxygens (including phenoxy) is 2. The molecule has 21 heavy (non-hydrogen) atoms. The highest BCUT2D eigenvalue weighted by Gasteiger charge is 2.29. The topological polar surface area (TPSA) is 69.4 Å². The zero-order chi connectivity index (χ0) is 14.5. The lowest BCUT2D eigenvalue weighted by Gasteiger charge is -2.04. The van der Waals surface area contributed by atoms with Crippen LogP contribution in [0.2, 0.25) is 0 Å². The van der Waals surface area contributed by atoms with E-state index in [1.807, 2.05) is 30.3 Å². The average Bonchev–Trinajstić information content (AvgIpc) is 3.17. The minimum absolute atomic E-state index is 0.0891. The van der Waals surface area contributed by atoms with Gasteiger partial charge in [0, 0.05) is 20.1 Å². The second-order valence-corrected chi connectivity index (χ2v) is 5.01. The monoisotopic (exact) mass is 289 g/mol. The number of hydrogen-bond donors (Lipinski definition) is 1. The van der Waals surface area contributed by atoms with Gasteiger partial charge in [-0.15, -0.1) is 0 Å². The lowest BCUT2D eigenvalue weighted by molar-refractivity contribution is 0.116. The van der Waals surface area contributed by atoms with Crippen LogP contribution in [0.15, 0.2) is 34.9 Å². The van der Waals surface area contributed by atoms with Crippen molar-refractivity contribution in [1.29, 1.82) is 0 Å². The first kappa shape index (κ1) is 14.0. The first-order valence-electron chi connectivity index (χ1n) is 7.11. The van der Waals surface area contributed by atoms with Crippen molar-refractivity contribution >= 4 is 0 Å². The summed E-state index contributed by atoms with van der Waals surface area (Å²) in [5, 5.41) is 7.31. The van der Waals surface area contributed by atoms with Gasteiger partial charge in [-0.1, -0.05) is 23.4 Å². The Kier molecular flexibility index (Phi) is 4.47. The summed E-state index contributed by atoms with van der Waals surface area (Å²) >= 11 is 0. The highest BCUT2D eigenvalue weighted by atomic mass is 16.5. The lowest BCUT2D eigenvalue weighted by Crippen LogP contribution is -2.16. The highest BCUT2D eigenvalue weighted by molar-refractivity contribution is 5.20. The summed E-state index contributed by atoms with van der Waals surface area (Å²) < 4.78 is 16.2. The number of aromatic nitrogens is 2. The molecule has 1 aromatic carbocycles. The van der Waals surface area contributed by atoms with E-state index < -0.39 is 0 Å². The Bertz CT molecular complexity index is 558. The zero-order valence-corrected chi connectivity index (χ0v) is 12.0. The van der Waals surface area contributed by atoms with Crippen molar-refractivity contribution in [3.8, 4) is 5.75 Å². The van der Waals surface area contributed by atoms with Gasteiger partial charge in [-0.05, 0) is 18.6 Å². The normalized spacial score (nSPS) is 21.6. The Labute approximate surface area is 123 Å². The Balaban J connectivity index is 1.49. The fourth-order valence-electron chi connectivity index (χ4n) is 2.36. The summed E-state index contributed by atoms with van der Waals surface area (Å²) in [5.41, 5.74) is 0.